The number of aliphatic hydroxyl groups is 2. The Labute approximate surface area is 74.1 Å². The van der Waals surface area contributed by atoms with Gasteiger partial charge in [-0.15, -0.1) is 0 Å². The highest BCUT2D eigenvalue weighted by Crippen LogP contribution is 1.90. The molecule has 0 unspecified atom stereocenters. The lowest BCUT2D eigenvalue weighted by atomic mass is 10.2. The molecule has 0 bridgehead atoms. The van der Waals surface area contributed by atoms with E-state index in [0.29, 0.717) is 6.79 Å². The van der Waals surface area contributed by atoms with Crippen LogP contribution in [0.3, 0.4) is 0 Å². The molecule has 0 rings (SSSR count). The third-order valence-corrected chi connectivity index (χ3v) is 1.05. The highest BCUT2D eigenvalue weighted by Gasteiger charge is 1.81. The molecule has 0 aliphatic carbocycles. The molecule has 4 nitrogen and oxygen atoms in total. The Hall–Kier alpha value is -0.160. The molecule has 0 aromatic carbocycles. The predicted octanol–water partition coefficient (Wildman–Crippen LogP) is 0.378. The van der Waals surface area contributed by atoms with E-state index in [1.807, 2.05) is 0 Å². The molecule has 76 valence electrons. The minimum Gasteiger partial charge on any atom is -0.396 e. The summed E-state index contributed by atoms with van der Waals surface area (Å²) in [7, 11) is 3.17. The Bertz CT molecular complexity index is 53.0. The van der Waals surface area contributed by atoms with E-state index < -0.39 is 0 Å². The second-order valence-electron chi connectivity index (χ2n) is 2.20. The van der Waals surface area contributed by atoms with E-state index in [1.54, 1.807) is 14.2 Å². The molecule has 0 amide bonds. The number of unbranched alkanes of at least 4 members (excludes halogenated alkanes) is 2. The van der Waals surface area contributed by atoms with Crippen molar-refractivity contribution >= 4 is 0 Å². The first kappa shape index (κ1) is 14.4. The van der Waals surface area contributed by atoms with Crippen molar-refractivity contribution < 1.29 is 19.7 Å². The van der Waals surface area contributed by atoms with Gasteiger partial charge in [0.15, 0.2) is 0 Å². The summed E-state index contributed by atoms with van der Waals surface area (Å²) < 4.78 is 8.94. The molecule has 4 heteroatoms. The van der Waals surface area contributed by atoms with E-state index in [9.17, 15) is 0 Å². The molecule has 0 spiro atoms. The first-order valence-electron chi connectivity index (χ1n) is 4.03. The molecule has 0 atom stereocenters. The van der Waals surface area contributed by atoms with Crippen LogP contribution in [0.4, 0.5) is 0 Å². The van der Waals surface area contributed by atoms with Gasteiger partial charge < -0.3 is 19.7 Å². The maximum atomic E-state index is 8.21. The molecule has 12 heavy (non-hydrogen) atoms. The smallest absolute Gasteiger partial charge is 0.145 e. The van der Waals surface area contributed by atoms with E-state index in [-0.39, 0.29) is 13.2 Å². The van der Waals surface area contributed by atoms with Crippen molar-refractivity contribution in [1.29, 1.82) is 0 Å². The minimum atomic E-state index is 0.250. The van der Waals surface area contributed by atoms with E-state index in [1.165, 1.54) is 0 Å². The zero-order valence-corrected chi connectivity index (χ0v) is 7.95. The highest BCUT2D eigenvalue weighted by molar-refractivity contribution is 4.35. The molecule has 0 saturated carbocycles. The van der Waals surface area contributed by atoms with Crippen LogP contribution in [-0.2, 0) is 9.47 Å². The summed E-state index contributed by atoms with van der Waals surface area (Å²) in [6.07, 6.45) is 2.58. The van der Waals surface area contributed by atoms with Gasteiger partial charge in [-0.2, -0.15) is 0 Å². The van der Waals surface area contributed by atoms with Crippen molar-refractivity contribution in [3.8, 4) is 0 Å². The van der Waals surface area contributed by atoms with Crippen LogP contribution in [0.25, 0.3) is 0 Å². The summed E-state index contributed by atoms with van der Waals surface area (Å²) >= 11 is 0. The van der Waals surface area contributed by atoms with Gasteiger partial charge >= 0.3 is 0 Å². The average Bonchev–Trinajstić information content (AvgIpc) is 2.08. The van der Waals surface area contributed by atoms with Gasteiger partial charge in [-0.05, 0) is 19.3 Å². The zero-order valence-electron chi connectivity index (χ0n) is 7.95. The molecule has 0 aliphatic heterocycles. The van der Waals surface area contributed by atoms with Gasteiger partial charge in [-0.3, -0.25) is 0 Å². The minimum absolute atomic E-state index is 0.250. The largest absolute Gasteiger partial charge is 0.396 e. The molecule has 0 aliphatic rings. The number of methoxy groups -OCH3 is 2. The number of rotatable bonds is 6. The molecule has 0 aromatic heterocycles. The fourth-order valence-corrected chi connectivity index (χ4v) is 0.518. The molecular weight excluding hydrogens is 160 g/mol. The normalized spacial score (nSPS) is 9.00. The lowest BCUT2D eigenvalue weighted by Gasteiger charge is -1.90. The molecule has 0 fully saturated rings. The average molecular weight is 180 g/mol. The number of ether oxygens (including phenoxy) is 2. The Kier molecular flexibility index (Phi) is 20.4. The van der Waals surface area contributed by atoms with E-state index in [4.69, 9.17) is 10.2 Å². The van der Waals surface area contributed by atoms with Crippen LogP contribution < -0.4 is 0 Å². The lowest BCUT2D eigenvalue weighted by Crippen LogP contribution is -1.87. The van der Waals surface area contributed by atoms with Gasteiger partial charge in [-0.1, -0.05) is 0 Å². The Balaban J connectivity index is 0. The summed E-state index contributed by atoms with van der Waals surface area (Å²) in [6.45, 7) is 0.889. The number of aliphatic hydroxyl groups excluding tert-OH is 2. The van der Waals surface area contributed by atoms with Crippen molar-refractivity contribution in [2.24, 2.45) is 0 Å². The van der Waals surface area contributed by atoms with Gasteiger partial charge in [0.25, 0.3) is 0 Å². The SMILES string of the molecule is COCOC.OCCCCCO. The topological polar surface area (TPSA) is 58.9 Å². The second kappa shape index (κ2) is 17.1. The van der Waals surface area contributed by atoms with Crippen LogP contribution >= 0.6 is 0 Å². The fraction of sp³-hybridized carbons (Fsp3) is 1.00. The third-order valence-electron chi connectivity index (χ3n) is 1.05. The lowest BCUT2D eigenvalue weighted by molar-refractivity contribution is -0.00271. The van der Waals surface area contributed by atoms with Crippen LogP contribution in [0, 0.1) is 0 Å². The summed E-state index contributed by atoms with van der Waals surface area (Å²) in [6, 6.07) is 0. The second-order valence-corrected chi connectivity index (χ2v) is 2.20. The predicted molar refractivity (Wildman–Crippen MR) is 46.9 cm³/mol. The van der Waals surface area contributed by atoms with Gasteiger partial charge in [0.1, 0.15) is 6.79 Å². The van der Waals surface area contributed by atoms with Crippen LogP contribution in [0.5, 0.6) is 0 Å². The molecule has 0 aromatic rings. The summed E-state index contributed by atoms with van der Waals surface area (Å²) in [5.74, 6) is 0. The van der Waals surface area contributed by atoms with Crippen molar-refractivity contribution in [3.05, 3.63) is 0 Å². The van der Waals surface area contributed by atoms with Crippen LogP contribution in [0.15, 0.2) is 0 Å². The van der Waals surface area contributed by atoms with E-state index in [2.05, 4.69) is 9.47 Å². The van der Waals surface area contributed by atoms with Gasteiger partial charge in [-0.25, -0.2) is 0 Å². The Morgan fingerprint density at radius 1 is 0.833 bits per heavy atom. The molecular formula is C8H20O4. The zero-order chi connectivity index (χ0) is 9.66. The number of hydrogen-bond acceptors (Lipinski definition) is 4. The molecule has 0 radical (unpaired) electrons. The maximum Gasteiger partial charge on any atom is 0.145 e. The number of hydrogen-bond donors (Lipinski definition) is 2. The molecule has 2 N–H and O–H groups in total. The molecule has 0 saturated heterocycles. The van der Waals surface area contributed by atoms with E-state index >= 15 is 0 Å². The highest BCUT2D eigenvalue weighted by atomic mass is 16.6. The third kappa shape index (κ3) is 22.5. The fourth-order valence-electron chi connectivity index (χ4n) is 0.518. The Morgan fingerprint density at radius 2 is 1.25 bits per heavy atom. The van der Waals surface area contributed by atoms with Crippen molar-refractivity contribution in [1.82, 2.24) is 0 Å². The monoisotopic (exact) mass is 180 g/mol. The summed E-state index contributed by atoms with van der Waals surface area (Å²) in [4.78, 5) is 0. The first-order chi connectivity index (χ1) is 5.83. The quantitative estimate of drug-likeness (QED) is 0.458. The van der Waals surface area contributed by atoms with Gasteiger partial charge in [0, 0.05) is 27.4 Å². The van der Waals surface area contributed by atoms with Crippen molar-refractivity contribution in [2.75, 3.05) is 34.2 Å². The van der Waals surface area contributed by atoms with Crippen LogP contribution in [-0.4, -0.2) is 44.4 Å². The Morgan fingerprint density at radius 3 is 1.42 bits per heavy atom. The van der Waals surface area contributed by atoms with Crippen molar-refractivity contribution in [3.63, 3.8) is 0 Å². The van der Waals surface area contributed by atoms with Crippen LogP contribution in [0.1, 0.15) is 19.3 Å². The van der Waals surface area contributed by atoms with Crippen molar-refractivity contribution in [2.45, 2.75) is 19.3 Å². The maximum absolute atomic E-state index is 8.21. The van der Waals surface area contributed by atoms with Gasteiger partial charge in [0.2, 0.25) is 0 Å². The first-order valence-corrected chi connectivity index (χ1v) is 4.03. The van der Waals surface area contributed by atoms with E-state index in [0.717, 1.165) is 19.3 Å². The van der Waals surface area contributed by atoms with Gasteiger partial charge in [0.05, 0.1) is 0 Å². The summed E-state index contributed by atoms with van der Waals surface area (Å²) in [5, 5.41) is 16.4. The summed E-state index contributed by atoms with van der Waals surface area (Å²) in [5.41, 5.74) is 0. The standard InChI is InChI=1S/C5H12O2.C3H8O2/c6-4-2-1-3-5-7;1-4-3-5-2/h6-7H,1-5H2;3H2,1-2H3. The van der Waals surface area contributed by atoms with Crippen LogP contribution in [0.2, 0.25) is 0 Å². The molecule has 0 heterocycles.